The molecule has 1 aliphatic rings. The zero-order valence-electron chi connectivity index (χ0n) is 13.1. The van der Waals surface area contributed by atoms with Crippen LogP contribution in [-0.2, 0) is 4.74 Å². The maximum Gasteiger partial charge on any atom is 0.0595 e. The molecule has 2 atom stereocenters. The fraction of sp³-hybridized carbons (Fsp3) is 0.647. The summed E-state index contributed by atoms with van der Waals surface area (Å²) in [4.78, 5) is 2.39. The molecule has 1 aromatic rings. The van der Waals surface area contributed by atoms with Crippen LogP contribution in [0.15, 0.2) is 18.2 Å². The van der Waals surface area contributed by atoms with Crippen molar-refractivity contribution in [3.05, 3.63) is 33.8 Å². The molecule has 21 heavy (non-hydrogen) atoms. The van der Waals surface area contributed by atoms with Crippen LogP contribution in [0, 0.1) is 11.8 Å². The van der Waals surface area contributed by atoms with Gasteiger partial charge in [-0.25, -0.2) is 0 Å². The summed E-state index contributed by atoms with van der Waals surface area (Å²) < 4.78 is 5.90. The van der Waals surface area contributed by atoms with Crippen LogP contribution in [-0.4, -0.2) is 38.3 Å². The van der Waals surface area contributed by atoms with Crippen molar-refractivity contribution in [2.75, 3.05) is 33.4 Å². The number of likely N-dealkylation sites (tertiary alicyclic amines) is 1. The minimum absolute atomic E-state index is 0.503. The SMILES string of the molecule is CC(C)COC[C@@H]1CN(C)CC[C@@H]1c1ccc(Cl)c(Cl)c1. The van der Waals surface area contributed by atoms with E-state index in [-0.39, 0.29) is 0 Å². The Balaban J connectivity index is 2.08. The lowest BCUT2D eigenvalue weighted by Gasteiger charge is -2.37. The first-order chi connectivity index (χ1) is 9.97. The van der Waals surface area contributed by atoms with Gasteiger partial charge >= 0.3 is 0 Å². The Morgan fingerprint density at radius 2 is 2.05 bits per heavy atom. The van der Waals surface area contributed by atoms with Crippen LogP contribution in [0.2, 0.25) is 10.0 Å². The van der Waals surface area contributed by atoms with Gasteiger partial charge in [-0.1, -0.05) is 43.1 Å². The number of hydrogen-bond acceptors (Lipinski definition) is 2. The van der Waals surface area contributed by atoms with Gasteiger partial charge in [0.05, 0.1) is 16.7 Å². The molecule has 0 aliphatic carbocycles. The van der Waals surface area contributed by atoms with Crippen LogP contribution in [0.5, 0.6) is 0 Å². The largest absolute Gasteiger partial charge is 0.381 e. The molecular formula is C17H25Cl2NO. The van der Waals surface area contributed by atoms with Crippen molar-refractivity contribution in [1.29, 1.82) is 0 Å². The standard InChI is InChI=1S/C17H25Cl2NO/c1-12(2)10-21-11-14-9-20(3)7-6-15(14)13-4-5-16(18)17(19)8-13/h4-5,8,12,14-15H,6-7,9-11H2,1-3H3/t14-,15+/m0/s1. The summed E-state index contributed by atoms with van der Waals surface area (Å²) in [5.41, 5.74) is 1.29. The zero-order chi connectivity index (χ0) is 15.4. The molecule has 0 radical (unpaired) electrons. The number of hydrogen-bond donors (Lipinski definition) is 0. The lowest BCUT2D eigenvalue weighted by Crippen LogP contribution is -2.39. The molecule has 1 fully saturated rings. The molecule has 4 heteroatoms. The highest BCUT2D eigenvalue weighted by Crippen LogP contribution is 2.35. The third-order valence-electron chi connectivity index (χ3n) is 4.09. The predicted octanol–water partition coefficient (Wildman–Crippen LogP) is 4.70. The monoisotopic (exact) mass is 329 g/mol. The van der Waals surface area contributed by atoms with E-state index in [2.05, 4.69) is 31.9 Å². The van der Waals surface area contributed by atoms with E-state index in [1.54, 1.807) is 0 Å². The lowest BCUT2D eigenvalue weighted by molar-refractivity contribution is 0.0435. The molecule has 1 saturated heterocycles. The van der Waals surface area contributed by atoms with Crippen molar-refractivity contribution in [3.63, 3.8) is 0 Å². The van der Waals surface area contributed by atoms with E-state index < -0.39 is 0 Å². The first-order valence-corrected chi connectivity index (χ1v) is 8.44. The first-order valence-electron chi connectivity index (χ1n) is 7.68. The Labute approximate surface area is 138 Å². The van der Waals surface area contributed by atoms with E-state index in [1.165, 1.54) is 5.56 Å². The molecular weight excluding hydrogens is 305 g/mol. The van der Waals surface area contributed by atoms with Crippen LogP contribution in [0.3, 0.4) is 0 Å². The molecule has 0 unspecified atom stereocenters. The van der Waals surface area contributed by atoms with Crippen molar-refractivity contribution in [3.8, 4) is 0 Å². The van der Waals surface area contributed by atoms with Crippen LogP contribution in [0.1, 0.15) is 31.7 Å². The Kier molecular flexibility index (Phi) is 6.36. The van der Waals surface area contributed by atoms with Crippen molar-refractivity contribution in [1.82, 2.24) is 4.90 Å². The molecule has 0 spiro atoms. The lowest BCUT2D eigenvalue weighted by atomic mass is 9.81. The topological polar surface area (TPSA) is 12.5 Å². The number of benzene rings is 1. The Hall–Kier alpha value is -0.280. The van der Waals surface area contributed by atoms with E-state index in [1.807, 2.05) is 12.1 Å². The van der Waals surface area contributed by atoms with Gasteiger partial charge < -0.3 is 9.64 Å². The van der Waals surface area contributed by atoms with Gasteiger partial charge in [0.15, 0.2) is 0 Å². The summed E-state index contributed by atoms with van der Waals surface area (Å²) in [7, 11) is 2.18. The molecule has 1 aliphatic heterocycles. The molecule has 0 bridgehead atoms. The van der Waals surface area contributed by atoms with Crippen molar-refractivity contribution >= 4 is 23.2 Å². The summed E-state index contributed by atoms with van der Waals surface area (Å²) in [6, 6.07) is 6.04. The number of halogens is 2. The van der Waals surface area contributed by atoms with E-state index in [0.29, 0.717) is 27.8 Å². The fourth-order valence-corrected chi connectivity index (χ4v) is 3.33. The summed E-state index contributed by atoms with van der Waals surface area (Å²) in [6.07, 6.45) is 1.14. The van der Waals surface area contributed by atoms with E-state index >= 15 is 0 Å². The van der Waals surface area contributed by atoms with E-state index in [9.17, 15) is 0 Å². The predicted molar refractivity (Wildman–Crippen MR) is 90.5 cm³/mol. The summed E-state index contributed by atoms with van der Waals surface area (Å²) in [6.45, 7) is 8.20. The highest BCUT2D eigenvalue weighted by atomic mass is 35.5. The third-order valence-corrected chi connectivity index (χ3v) is 4.83. The third kappa shape index (κ3) is 4.85. The minimum Gasteiger partial charge on any atom is -0.381 e. The Morgan fingerprint density at radius 1 is 1.29 bits per heavy atom. The number of rotatable bonds is 5. The molecule has 0 amide bonds. The number of ether oxygens (including phenoxy) is 1. The first kappa shape index (κ1) is 17.1. The maximum atomic E-state index is 6.18. The van der Waals surface area contributed by atoms with Crippen LogP contribution >= 0.6 is 23.2 Å². The molecule has 0 aromatic heterocycles. The van der Waals surface area contributed by atoms with Crippen LogP contribution < -0.4 is 0 Å². The van der Waals surface area contributed by atoms with Gasteiger partial charge in [-0.15, -0.1) is 0 Å². The second kappa shape index (κ2) is 7.82. The van der Waals surface area contributed by atoms with Gasteiger partial charge in [0.2, 0.25) is 0 Å². The fourth-order valence-electron chi connectivity index (χ4n) is 3.02. The molecule has 2 nitrogen and oxygen atoms in total. The average Bonchev–Trinajstić information content (AvgIpc) is 2.42. The zero-order valence-corrected chi connectivity index (χ0v) is 14.6. The summed E-state index contributed by atoms with van der Waals surface area (Å²) in [5.74, 6) is 1.60. The van der Waals surface area contributed by atoms with Crippen molar-refractivity contribution in [2.24, 2.45) is 11.8 Å². The van der Waals surface area contributed by atoms with Crippen molar-refractivity contribution < 1.29 is 4.74 Å². The molecule has 1 heterocycles. The maximum absolute atomic E-state index is 6.18. The van der Waals surface area contributed by atoms with E-state index in [0.717, 1.165) is 32.7 Å². The minimum atomic E-state index is 0.503. The number of nitrogens with zero attached hydrogens (tertiary/aromatic N) is 1. The van der Waals surface area contributed by atoms with Gasteiger partial charge in [0, 0.05) is 19.1 Å². The highest BCUT2D eigenvalue weighted by Gasteiger charge is 2.29. The van der Waals surface area contributed by atoms with E-state index in [4.69, 9.17) is 27.9 Å². The Bertz CT molecular complexity index is 464. The second-order valence-corrected chi connectivity index (χ2v) is 7.34. The van der Waals surface area contributed by atoms with Gasteiger partial charge in [-0.05, 0) is 49.5 Å². The van der Waals surface area contributed by atoms with Crippen LogP contribution in [0.4, 0.5) is 0 Å². The number of piperidine rings is 1. The van der Waals surface area contributed by atoms with Crippen molar-refractivity contribution in [2.45, 2.75) is 26.2 Å². The highest BCUT2D eigenvalue weighted by molar-refractivity contribution is 6.42. The molecule has 1 aromatic carbocycles. The van der Waals surface area contributed by atoms with Gasteiger partial charge in [-0.3, -0.25) is 0 Å². The molecule has 0 saturated carbocycles. The quantitative estimate of drug-likeness (QED) is 0.776. The smallest absolute Gasteiger partial charge is 0.0595 e. The normalized spacial score (nSPS) is 23.7. The second-order valence-electron chi connectivity index (χ2n) is 6.52. The Morgan fingerprint density at radius 3 is 2.71 bits per heavy atom. The molecule has 118 valence electrons. The van der Waals surface area contributed by atoms with Gasteiger partial charge in [0.1, 0.15) is 0 Å². The molecule has 0 N–H and O–H groups in total. The molecule has 2 rings (SSSR count). The summed E-state index contributed by atoms with van der Waals surface area (Å²) in [5, 5.41) is 1.27. The van der Waals surface area contributed by atoms with Gasteiger partial charge in [0.25, 0.3) is 0 Å². The van der Waals surface area contributed by atoms with Crippen LogP contribution in [0.25, 0.3) is 0 Å². The average molecular weight is 330 g/mol. The summed E-state index contributed by atoms with van der Waals surface area (Å²) >= 11 is 12.2. The van der Waals surface area contributed by atoms with Gasteiger partial charge in [-0.2, -0.15) is 0 Å².